The largest absolute Gasteiger partial charge is 0.383 e. The SMILES string of the molecule is N#Cc1cc(-c2cc3n(n2)CCC32CN(C(=O)NC3(c4cccnc4)CCC3)C2)cnc1N. The number of hydrogen-bond acceptors (Lipinski definition) is 6. The van der Waals surface area contributed by atoms with Gasteiger partial charge in [0.05, 0.1) is 16.8 Å². The quantitative estimate of drug-likeness (QED) is 0.645. The number of amides is 2. The zero-order valence-corrected chi connectivity index (χ0v) is 18.2. The van der Waals surface area contributed by atoms with Gasteiger partial charge in [0, 0.05) is 54.9 Å². The van der Waals surface area contributed by atoms with Crippen LogP contribution in [0.2, 0.25) is 0 Å². The predicted molar refractivity (Wildman–Crippen MR) is 121 cm³/mol. The number of anilines is 1. The van der Waals surface area contributed by atoms with Crippen LogP contribution in [-0.2, 0) is 17.5 Å². The van der Waals surface area contributed by atoms with Crippen molar-refractivity contribution in [1.82, 2.24) is 30.0 Å². The van der Waals surface area contributed by atoms with E-state index in [0.29, 0.717) is 18.7 Å². The summed E-state index contributed by atoms with van der Waals surface area (Å²) in [6, 6.07) is 9.83. The molecule has 0 radical (unpaired) electrons. The number of nitriles is 1. The third kappa shape index (κ3) is 2.98. The van der Waals surface area contributed by atoms with E-state index in [1.807, 2.05) is 27.9 Å². The Kier molecular flexibility index (Phi) is 4.21. The van der Waals surface area contributed by atoms with Crippen LogP contribution >= 0.6 is 0 Å². The van der Waals surface area contributed by atoms with Gasteiger partial charge in [0.25, 0.3) is 0 Å². The number of aryl methyl sites for hydroxylation is 1. The highest BCUT2D eigenvalue weighted by Crippen LogP contribution is 2.45. The Balaban J connectivity index is 1.18. The van der Waals surface area contributed by atoms with Crippen molar-refractivity contribution in [2.75, 3.05) is 18.8 Å². The van der Waals surface area contributed by atoms with Crippen molar-refractivity contribution in [2.45, 2.75) is 43.2 Å². The van der Waals surface area contributed by atoms with Crippen LogP contribution in [0.3, 0.4) is 0 Å². The fraction of sp³-hybridized carbons (Fsp3) is 0.375. The van der Waals surface area contributed by atoms with Crippen molar-refractivity contribution in [1.29, 1.82) is 5.26 Å². The molecule has 2 amide bonds. The van der Waals surface area contributed by atoms with Crippen LogP contribution in [0.4, 0.5) is 10.6 Å². The van der Waals surface area contributed by atoms with Crippen LogP contribution in [0.1, 0.15) is 42.5 Å². The summed E-state index contributed by atoms with van der Waals surface area (Å²) in [4.78, 5) is 23.4. The van der Waals surface area contributed by atoms with E-state index in [1.165, 1.54) is 0 Å². The van der Waals surface area contributed by atoms with Gasteiger partial charge in [-0.15, -0.1) is 0 Å². The third-order valence-electron chi connectivity index (χ3n) is 7.50. The first kappa shape index (κ1) is 19.7. The van der Waals surface area contributed by atoms with Gasteiger partial charge in [-0.3, -0.25) is 9.67 Å². The normalized spacial score (nSPS) is 19.3. The molecule has 5 heterocycles. The monoisotopic (exact) mass is 440 g/mol. The Morgan fingerprint density at radius 2 is 2.06 bits per heavy atom. The van der Waals surface area contributed by atoms with E-state index < -0.39 is 0 Å². The molecular weight excluding hydrogens is 416 g/mol. The summed E-state index contributed by atoms with van der Waals surface area (Å²) in [6.45, 7) is 2.17. The van der Waals surface area contributed by atoms with Gasteiger partial charge in [0.15, 0.2) is 0 Å². The van der Waals surface area contributed by atoms with Gasteiger partial charge in [-0.25, -0.2) is 9.78 Å². The van der Waals surface area contributed by atoms with Gasteiger partial charge in [-0.2, -0.15) is 10.4 Å². The van der Waals surface area contributed by atoms with E-state index in [-0.39, 0.29) is 22.8 Å². The molecule has 3 aromatic rings. The van der Waals surface area contributed by atoms with Crippen molar-refractivity contribution in [3.05, 3.63) is 59.7 Å². The maximum atomic E-state index is 13.1. The molecule has 0 bridgehead atoms. The minimum absolute atomic E-state index is 0.0104. The molecule has 1 saturated heterocycles. The van der Waals surface area contributed by atoms with Gasteiger partial charge in [0.1, 0.15) is 11.9 Å². The second kappa shape index (κ2) is 7.04. The first-order valence-corrected chi connectivity index (χ1v) is 11.2. The Morgan fingerprint density at radius 3 is 2.76 bits per heavy atom. The molecule has 1 spiro atoms. The summed E-state index contributed by atoms with van der Waals surface area (Å²) in [5.41, 5.74) is 9.52. The molecule has 3 aromatic heterocycles. The van der Waals surface area contributed by atoms with Crippen molar-refractivity contribution >= 4 is 11.8 Å². The van der Waals surface area contributed by atoms with E-state index in [0.717, 1.165) is 54.7 Å². The molecule has 3 aliphatic rings. The molecule has 0 atom stereocenters. The van der Waals surface area contributed by atoms with Gasteiger partial charge < -0.3 is 16.0 Å². The lowest BCUT2D eigenvalue weighted by atomic mass is 9.72. The molecule has 3 N–H and O–H groups in total. The minimum atomic E-state index is -0.292. The highest BCUT2D eigenvalue weighted by molar-refractivity contribution is 5.77. The molecule has 166 valence electrons. The fourth-order valence-electron chi connectivity index (χ4n) is 5.40. The number of carbonyl (C=O) groups excluding carboxylic acids is 1. The average Bonchev–Trinajstić information content (AvgIpc) is 3.35. The summed E-state index contributed by atoms with van der Waals surface area (Å²) in [7, 11) is 0. The topological polar surface area (TPSA) is 126 Å². The van der Waals surface area contributed by atoms with E-state index in [4.69, 9.17) is 10.8 Å². The molecule has 0 aromatic carbocycles. The maximum absolute atomic E-state index is 13.1. The minimum Gasteiger partial charge on any atom is -0.383 e. The smallest absolute Gasteiger partial charge is 0.318 e. The molecule has 9 heteroatoms. The molecule has 33 heavy (non-hydrogen) atoms. The first-order valence-electron chi connectivity index (χ1n) is 11.2. The summed E-state index contributed by atoms with van der Waals surface area (Å²) in [5.74, 6) is 0.223. The highest BCUT2D eigenvalue weighted by atomic mass is 16.2. The molecule has 2 aliphatic heterocycles. The number of nitrogens with one attached hydrogen (secondary N) is 1. The van der Waals surface area contributed by atoms with Gasteiger partial charge in [-0.05, 0) is 49.4 Å². The van der Waals surface area contributed by atoms with Crippen LogP contribution in [0.5, 0.6) is 0 Å². The van der Waals surface area contributed by atoms with E-state index >= 15 is 0 Å². The molecule has 2 fully saturated rings. The van der Waals surface area contributed by atoms with Crippen LogP contribution in [-0.4, -0.2) is 43.8 Å². The number of likely N-dealkylation sites (tertiary alicyclic amines) is 1. The zero-order valence-electron chi connectivity index (χ0n) is 18.2. The molecule has 6 rings (SSSR count). The van der Waals surface area contributed by atoms with E-state index in [9.17, 15) is 10.1 Å². The van der Waals surface area contributed by atoms with Crippen LogP contribution in [0, 0.1) is 11.3 Å². The van der Waals surface area contributed by atoms with Gasteiger partial charge >= 0.3 is 6.03 Å². The van der Waals surface area contributed by atoms with Crippen molar-refractivity contribution < 1.29 is 4.79 Å². The second-order valence-electron chi connectivity index (χ2n) is 9.40. The first-order chi connectivity index (χ1) is 16.0. The molecule has 0 unspecified atom stereocenters. The number of fused-ring (bicyclic) bond motifs is 2. The standard InChI is InChI=1S/C24H24N8O/c25-11-16-9-17(12-28-21(16)26)19-10-20-23(6-8-32(20)30-19)14-31(15-23)22(33)29-24(4-2-5-24)18-3-1-7-27-13-18/h1,3,7,9-10,12-13H,2,4-6,8,14-15H2,(H2,26,28)(H,29,33). The van der Waals surface area contributed by atoms with Crippen molar-refractivity contribution in [2.24, 2.45) is 0 Å². The highest BCUT2D eigenvalue weighted by Gasteiger charge is 2.52. The molecule has 9 nitrogen and oxygen atoms in total. The molecule has 1 saturated carbocycles. The van der Waals surface area contributed by atoms with Crippen LogP contribution in [0.15, 0.2) is 42.9 Å². The number of urea groups is 1. The predicted octanol–water partition coefficient (Wildman–Crippen LogP) is 2.54. The summed E-state index contributed by atoms with van der Waals surface area (Å²) in [5, 5.41) is 17.3. The lowest BCUT2D eigenvalue weighted by Gasteiger charge is -2.50. The zero-order chi connectivity index (χ0) is 22.6. The summed E-state index contributed by atoms with van der Waals surface area (Å²) in [6.07, 6.45) is 9.23. The number of hydrogen-bond donors (Lipinski definition) is 2. The number of nitrogens with zero attached hydrogens (tertiary/aromatic N) is 6. The van der Waals surface area contributed by atoms with Crippen LogP contribution < -0.4 is 11.1 Å². The molecular formula is C24H24N8O. The van der Waals surface area contributed by atoms with E-state index in [2.05, 4.69) is 27.4 Å². The number of nitrogen functional groups attached to an aromatic ring is 1. The third-order valence-corrected chi connectivity index (χ3v) is 7.50. The van der Waals surface area contributed by atoms with E-state index in [1.54, 1.807) is 18.5 Å². The number of aromatic nitrogens is 4. The lowest BCUT2D eigenvalue weighted by molar-refractivity contribution is 0.0766. The van der Waals surface area contributed by atoms with Gasteiger partial charge in [-0.1, -0.05) is 6.07 Å². The second-order valence-corrected chi connectivity index (χ2v) is 9.40. The Morgan fingerprint density at radius 1 is 1.21 bits per heavy atom. The van der Waals surface area contributed by atoms with Crippen LogP contribution in [0.25, 0.3) is 11.3 Å². The number of carbonyl (C=O) groups is 1. The summed E-state index contributed by atoms with van der Waals surface area (Å²) >= 11 is 0. The summed E-state index contributed by atoms with van der Waals surface area (Å²) < 4.78 is 2.02. The lowest BCUT2D eigenvalue weighted by Crippen LogP contribution is -2.65. The Hall–Kier alpha value is -3.93. The number of nitrogens with two attached hydrogens (primary N) is 1. The average molecular weight is 441 g/mol. The Bertz CT molecular complexity index is 1280. The Labute approximate surface area is 191 Å². The van der Waals surface area contributed by atoms with Crippen molar-refractivity contribution in [3.63, 3.8) is 0 Å². The maximum Gasteiger partial charge on any atom is 0.318 e. The van der Waals surface area contributed by atoms with Gasteiger partial charge in [0.2, 0.25) is 0 Å². The number of pyridine rings is 2. The number of rotatable bonds is 3. The van der Waals surface area contributed by atoms with Crippen molar-refractivity contribution in [3.8, 4) is 17.3 Å². The fourth-order valence-corrected chi connectivity index (χ4v) is 5.40. The molecule has 1 aliphatic carbocycles.